The van der Waals surface area contributed by atoms with Crippen LogP contribution in [-0.2, 0) is 10.0 Å². The van der Waals surface area contributed by atoms with Crippen molar-refractivity contribution in [3.05, 3.63) is 0 Å². The Kier molecular flexibility index (Phi) is 12.0. The molecule has 0 unspecified atom stereocenters. The van der Waals surface area contributed by atoms with E-state index in [1.54, 1.807) is 0 Å². The molecule has 16 heavy (non-hydrogen) atoms. The monoisotopic (exact) mass is 272 g/mol. The van der Waals surface area contributed by atoms with Crippen molar-refractivity contribution in [1.29, 1.82) is 0 Å². The number of nitrogens with one attached hydrogen (secondary N) is 1. The molecular weight excluding hydrogens is 248 g/mol. The fourth-order valence-corrected chi connectivity index (χ4v) is 3.06. The second-order valence-electron chi connectivity index (χ2n) is 3.85. The smallest absolute Gasteiger partial charge is 0.211 e. The Morgan fingerprint density at radius 1 is 1.19 bits per heavy atom. The molecule has 0 aromatic carbocycles. The highest BCUT2D eigenvalue weighted by Gasteiger charge is 2.15. The summed E-state index contributed by atoms with van der Waals surface area (Å²) in [5, 5.41) is 0. The molecule has 0 aromatic heterocycles. The van der Waals surface area contributed by atoms with Crippen molar-refractivity contribution < 1.29 is 8.42 Å². The third-order valence-corrected chi connectivity index (χ3v) is 4.12. The summed E-state index contributed by atoms with van der Waals surface area (Å²) in [6.45, 7) is 5.18. The van der Waals surface area contributed by atoms with E-state index in [1.807, 2.05) is 13.8 Å². The van der Waals surface area contributed by atoms with Gasteiger partial charge in [0, 0.05) is 6.54 Å². The highest BCUT2D eigenvalue weighted by atomic mass is 35.5. The van der Waals surface area contributed by atoms with Crippen molar-refractivity contribution in [2.45, 2.75) is 39.5 Å². The van der Waals surface area contributed by atoms with Crippen molar-refractivity contribution in [2.24, 2.45) is 11.7 Å². The van der Waals surface area contributed by atoms with Gasteiger partial charge in [-0.05, 0) is 25.3 Å². The van der Waals surface area contributed by atoms with Crippen molar-refractivity contribution in [2.75, 3.05) is 18.8 Å². The molecule has 6 heteroatoms. The molecule has 0 amide bonds. The Labute approximate surface area is 106 Å². The van der Waals surface area contributed by atoms with Crippen molar-refractivity contribution >= 4 is 22.4 Å². The molecule has 0 aliphatic carbocycles. The summed E-state index contributed by atoms with van der Waals surface area (Å²) >= 11 is 0. The van der Waals surface area contributed by atoms with E-state index in [-0.39, 0.29) is 24.1 Å². The van der Waals surface area contributed by atoms with Gasteiger partial charge in [0.25, 0.3) is 0 Å². The second-order valence-corrected chi connectivity index (χ2v) is 5.71. The van der Waals surface area contributed by atoms with Gasteiger partial charge in [0.05, 0.1) is 5.75 Å². The van der Waals surface area contributed by atoms with Crippen LogP contribution in [0.3, 0.4) is 0 Å². The Morgan fingerprint density at radius 2 is 1.75 bits per heavy atom. The molecule has 0 radical (unpaired) electrons. The molecule has 0 aliphatic heterocycles. The summed E-state index contributed by atoms with van der Waals surface area (Å²) in [7, 11) is -3.08. The molecule has 100 valence electrons. The Bertz CT molecular complexity index is 241. The maximum Gasteiger partial charge on any atom is 0.211 e. The summed E-state index contributed by atoms with van der Waals surface area (Å²) in [6, 6.07) is 0. The predicted molar refractivity (Wildman–Crippen MR) is 71.4 cm³/mol. The van der Waals surface area contributed by atoms with Gasteiger partial charge < -0.3 is 5.73 Å². The molecular formula is C10H25ClN2O2S. The fraction of sp³-hybridized carbons (Fsp3) is 1.00. The van der Waals surface area contributed by atoms with E-state index in [2.05, 4.69) is 4.72 Å². The molecule has 0 saturated heterocycles. The van der Waals surface area contributed by atoms with Crippen molar-refractivity contribution in [3.8, 4) is 0 Å². The number of sulfonamides is 1. The number of unbranched alkanes of at least 4 members (excludes halogenated alkanes) is 1. The van der Waals surface area contributed by atoms with Crippen LogP contribution in [0.15, 0.2) is 0 Å². The summed E-state index contributed by atoms with van der Waals surface area (Å²) in [4.78, 5) is 0. The maximum absolute atomic E-state index is 11.6. The van der Waals surface area contributed by atoms with Gasteiger partial charge in [-0.3, -0.25) is 0 Å². The lowest BCUT2D eigenvalue weighted by Crippen LogP contribution is -2.30. The van der Waals surface area contributed by atoms with Crippen molar-refractivity contribution in [3.63, 3.8) is 0 Å². The van der Waals surface area contributed by atoms with Gasteiger partial charge in [-0.1, -0.05) is 26.7 Å². The molecule has 0 aliphatic rings. The van der Waals surface area contributed by atoms with Gasteiger partial charge in [-0.25, -0.2) is 13.1 Å². The highest BCUT2D eigenvalue weighted by Crippen LogP contribution is 2.09. The summed E-state index contributed by atoms with van der Waals surface area (Å²) in [5.41, 5.74) is 5.32. The third-order valence-electron chi connectivity index (χ3n) is 2.56. The first-order valence-corrected chi connectivity index (χ1v) is 7.38. The molecule has 0 aromatic rings. The molecule has 0 atom stereocenters. The third kappa shape index (κ3) is 9.39. The lowest BCUT2D eigenvalue weighted by molar-refractivity contribution is 0.515. The minimum atomic E-state index is -3.08. The van der Waals surface area contributed by atoms with E-state index in [1.165, 1.54) is 0 Å². The van der Waals surface area contributed by atoms with Gasteiger partial charge >= 0.3 is 0 Å². The van der Waals surface area contributed by atoms with E-state index in [9.17, 15) is 8.42 Å². The second kappa shape index (κ2) is 10.3. The lowest BCUT2D eigenvalue weighted by Gasteiger charge is -2.13. The number of rotatable bonds is 9. The van der Waals surface area contributed by atoms with Gasteiger partial charge in [0.2, 0.25) is 10.0 Å². The van der Waals surface area contributed by atoms with Crippen LogP contribution in [0.4, 0.5) is 0 Å². The normalized spacial score (nSPS) is 11.5. The molecule has 0 spiro atoms. The van der Waals surface area contributed by atoms with E-state index in [0.29, 0.717) is 13.1 Å². The highest BCUT2D eigenvalue weighted by molar-refractivity contribution is 7.89. The average molecular weight is 273 g/mol. The minimum absolute atomic E-state index is 0. The Hall–Kier alpha value is 0.160. The van der Waals surface area contributed by atoms with E-state index < -0.39 is 10.0 Å². The van der Waals surface area contributed by atoms with Crippen LogP contribution in [-0.4, -0.2) is 27.3 Å². The Morgan fingerprint density at radius 3 is 2.19 bits per heavy atom. The zero-order valence-corrected chi connectivity index (χ0v) is 11.9. The molecule has 0 bridgehead atoms. The summed E-state index contributed by atoms with van der Waals surface area (Å²) in [6.07, 6.45) is 3.52. The Balaban J connectivity index is 0. The van der Waals surface area contributed by atoms with Gasteiger partial charge in [0.15, 0.2) is 0 Å². The lowest BCUT2D eigenvalue weighted by atomic mass is 10.1. The average Bonchev–Trinajstić information content (AvgIpc) is 2.21. The zero-order valence-electron chi connectivity index (χ0n) is 10.2. The van der Waals surface area contributed by atoms with Crippen LogP contribution in [0.25, 0.3) is 0 Å². The van der Waals surface area contributed by atoms with Gasteiger partial charge in [-0.15, -0.1) is 12.4 Å². The maximum atomic E-state index is 11.6. The standard InChI is InChI=1S/C10H24N2O2S.ClH/c1-3-10(4-2)9-15(13,14)12-8-6-5-7-11;/h10,12H,3-9,11H2,1-2H3;1H. The van der Waals surface area contributed by atoms with Gasteiger partial charge in [0.1, 0.15) is 0 Å². The largest absolute Gasteiger partial charge is 0.330 e. The first kappa shape index (κ1) is 18.5. The zero-order chi connectivity index (χ0) is 11.7. The van der Waals surface area contributed by atoms with E-state index in [0.717, 1.165) is 25.7 Å². The molecule has 4 nitrogen and oxygen atoms in total. The van der Waals surface area contributed by atoms with Crippen LogP contribution < -0.4 is 10.5 Å². The molecule has 0 rings (SSSR count). The quantitative estimate of drug-likeness (QED) is 0.625. The predicted octanol–water partition coefficient (Wildman–Crippen LogP) is 1.50. The SMILES string of the molecule is CCC(CC)CS(=O)(=O)NCCCCN.Cl. The van der Waals surface area contributed by atoms with Crippen molar-refractivity contribution in [1.82, 2.24) is 4.72 Å². The van der Waals surface area contributed by atoms with Crippen LogP contribution in [0.2, 0.25) is 0 Å². The van der Waals surface area contributed by atoms with E-state index >= 15 is 0 Å². The molecule has 0 fully saturated rings. The first-order chi connectivity index (χ1) is 7.05. The first-order valence-electron chi connectivity index (χ1n) is 5.73. The van der Waals surface area contributed by atoms with Gasteiger partial charge in [-0.2, -0.15) is 0 Å². The van der Waals surface area contributed by atoms with Crippen LogP contribution in [0.5, 0.6) is 0 Å². The van der Waals surface area contributed by atoms with E-state index in [4.69, 9.17) is 5.73 Å². The molecule has 0 saturated carbocycles. The number of hydrogen-bond acceptors (Lipinski definition) is 3. The number of halogens is 1. The van der Waals surface area contributed by atoms with Crippen LogP contribution in [0.1, 0.15) is 39.5 Å². The summed E-state index contributed by atoms with van der Waals surface area (Å²) in [5.74, 6) is 0.528. The molecule has 3 N–H and O–H groups in total. The number of nitrogens with two attached hydrogens (primary N) is 1. The van der Waals surface area contributed by atoms with Crippen LogP contribution in [0, 0.1) is 5.92 Å². The number of hydrogen-bond donors (Lipinski definition) is 2. The molecule has 0 heterocycles. The fourth-order valence-electron chi connectivity index (χ4n) is 1.39. The summed E-state index contributed by atoms with van der Waals surface area (Å²) < 4.78 is 25.8. The topological polar surface area (TPSA) is 72.2 Å². The minimum Gasteiger partial charge on any atom is -0.330 e. The van der Waals surface area contributed by atoms with Crippen LogP contribution >= 0.6 is 12.4 Å².